The maximum absolute atomic E-state index is 12.3. The third kappa shape index (κ3) is 2.93. The normalized spacial score (nSPS) is 16.5. The minimum atomic E-state index is -1.05. The maximum Gasteiger partial charge on any atom is 0.355 e. The molecule has 21 heavy (non-hydrogen) atoms. The monoisotopic (exact) mass is 320 g/mol. The Bertz CT molecular complexity index is 699. The molecule has 2 aromatic rings. The van der Waals surface area contributed by atoms with Crippen molar-refractivity contribution in [1.29, 1.82) is 0 Å². The number of thiazole rings is 1. The summed E-state index contributed by atoms with van der Waals surface area (Å²) in [5, 5.41) is 13.7. The predicted octanol–water partition coefficient (Wildman–Crippen LogP) is 2.35. The number of aromatic nitrogens is 1. The number of hydrogen-bond acceptors (Lipinski definition) is 5. The van der Waals surface area contributed by atoms with Gasteiger partial charge in [-0.2, -0.15) is 0 Å². The SMILES string of the molecule is O=C(O)c1csc(CNC(=O)[C@@H]2CSc3ccccc32)n1. The summed E-state index contributed by atoms with van der Waals surface area (Å²) in [6.45, 7) is 0.264. The highest BCUT2D eigenvalue weighted by atomic mass is 32.2. The van der Waals surface area contributed by atoms with Gasteiger partial charge in [0.25, 0.3) is 0 Å². The Morgan fingerprint density at radius 3 is 2.95 bits per heavy atom. The van der Waals surface area contributed by atoms with Crippen molar-refractivity contribution >= 4 is 35.0 Å². The van der Waals surface area contributed by atoms with Crippen molar-refractivity contribution in [2.75, 3.05) is 5.75 Å². The zero-order valence-electron chi connectivity index (χ0n) is 10.9. The second kappa shape index (κ2) is 5.87. The van der Waals surface area contributed by atoms with E-state index in [1.54, 1.807) is 11.8 Å². The number of rotatable bonds is 4. The molecule has 1 atom stereocenters. The molecule has 3 rings (SSSR count). The molecule has 1 aromatic heterocycles. The first-order valence-electron chi connectivity index (χ1n) is 6.32. The third-order valence-corrected chi connectivity index (χ3v) is 5.23. The lowest BCUT2D eigenvalue weighted by atomic mass is 10.0. The molecule has 108 valence electrons. The number of benzene rings is 1. The molecule has 0 aliphatic carbocycles. The zero-order chi connectivity index (χ0) is 14.8. The lowest BCUT2D eigenvalue weighted by molar-refractivity contribution is -0.122. The highest BCUT2D eigenvalue weighted by Gasteiger charge is 2.28. The van der Waals surface area contributed by atoms with Crippen LogP contribution in [0.2, 0.25) is 0 Å². The van der Waals surface area contributed by atoms with Crippen LogP contribution in [0.15, 0.2) is 34.5 Å². The number of carboxylic acids is 1. The minimum Gasteiger partial charge on any atom is -0.476 e. The zero-order valence-corrected chi connectivity index (χ0v) is 12.5. The minimum absolute atomic E-state index is 0.0195. The highest BCUT2D eigenvalue weighted by Crippen LogP contribution is 2.39. The molecule has 5 nitrogen and oxygen atoms in total. The van der Waals surface area contributed by atoms with E-state index >= 15 is 0 Å². The number of nitrogens with one attached hydrogen (secondary N) is 1. The number of amides is 1. The summed E-state index contributed by atoms with van der Waals surface area (Å²) >= 11 is 2.92. The van der Waals surface area contributed by atoms with Crippen LogP contribution in [0, 0.1) is 0 Å². The fourth-order valence-corrected chi connectivity index (χ4v) is 4.09. The second-order valence-electron chi connectivity index (χ2n) is 4.55. The highest BCUT2D eigenvalue weighted by molar-refractivity contribution is 7.99. The van der Waals surface area contributed by atoms with Gasteiger partial charge in [-0.1, -0.05) is 18.2 Å². The van der Waals surface area contributed by atoms with Crippen LogP contribution in [0.1, 0.15) is 27.0 Å². The van der Waals surface area contributed by atoms with Crippen molar-refractivity contribution in [3.05, 3.63) is 45.9 Å². The third-order valence-electron chi connectivity index (χ3n) is 3.20. The van der Waals surface area contributed by atoms with Gasteiger partial charge in [0, 0.05) is 16.0 Å². The van der Waals surface area contributed by atoms with E-state index in [4.69, 9.17) is 5.11 Å². The smallest absolute Gasteiger partial charge is 0.355 e. The number of aromatic carboxylic acids is 1. The molecule has 0 saturated carbocycles. The molecule has 2 N–H and O–H groups in total. The van der Waals surface area contributed by atoms with Gasteiger partial charge in [-0.05, 0) is 11.6 Å². The van der Waals surface area contributed by atoms with E-state index in [0.29, 0.717) is 5.01 Å². The number of thioether (sulfide) groups is 1. The first-order valence-corrected chi connectivity index (χ1v) is 8.19. The quantitative estimate of drug-likeness (QED) is 0.904. The number of hydrogen-bond donors (Lipinski definition) is 2. The van der Waals surface area contributed by atoms with E-state index < -0.39 is 5.97 Å². The molecule has 1 aliphatic heterocycles. The molecule has 1 aromatic carbocycles. The number of nitrogens with zero attached hydrogens (tertiary/aromatic N) is 1. The molecule has 0 spiro atoms. The Kier molecular flexibility index (Phi) is 3.94. The van der Waals surface area contributed by atoms with Gasteiger partial charge in [-0.25, -0.2) is 9.78 Å². The van der Waals surface area contributed by atoms with Crippen molar-refractivity contribution in [1.82, 2.24) is 10.3 Å². The van der Waals surface area contributed by atoms with Crippen molar-refractivity contribution in [3.63, 3.8) is 0 Å². The van der Waals surface area contributed by atoms with E-state index in [9.17, 15) is 9.59 Å². The molecule has 1 aliphatic rings. The Labute approximate surface area is 129 Å². The Balaban J connectivity index is 1.63. The summed E-state index contributed by atoms with van der Waals surface area (Å²) in [4.78, 5) is 28.1. The molecular formula is C14H12N2O3S2. The van der Waals surface area contributed by atoms with Gasteiger partial charge < -0.3 is 10.4 Å². The van der Waals surface area contributed by atoms with Crippen molar-refractivity contribution < 1.29 is 14.7 Å². The van der Waals surface area contributed by atoms with Crippen molar-refractivity contribution in [2.24, 2.45) is 0 Å². The van der Waals surface area contributed by atoms with E-state index in [-0.39, 0.29) is 24.1 Å². The summed E-state index contributed by atoms with van der Waals surface area (Å²) < 4.78 is 0. The van der Waals surface area contributed by atoms with Crippen LogP contribution in [0.25, 0.3) is 0 Å². The summed E-state index contributed by atoms with van der Waals surface area (Å²) in [5.74, 6) is -0.502. The molecule has 0 fully saturated rings. The first kappa shape index (κ1) is 14.1. The molecule has 7 heteroatoms. The molecule has 0 bridgehead atoms. The van der Waals surface area contributed by atoms with Gasteiger partial charge in [0.15, 0.2) is 5.69 Å². The van der Waals surface area contributed by atoms with Gasteiger partial charge in [-0.3, -0.25) is 4.79 Å². The van der Waals surface area contributed by atoms with Crippen molar-refractivity contribution in [3.8, 4) is 0 Å². The summed E-state index contributed by atoms with van der Waals surface area (Å²) in [6.07, 6.45) is 0. The largest absolute Gasteiger partial charge is 0.476 e. The van der Waals surface area contributed by atoms with Crippen LogP contribution in [0.4, 0.5) is 0 Å². The second-order valence-corrected chi connectivity index (χ2v) is 6.56. The number of fused-ring (bicyclic) bond motifs is 1. The van der Waals surface area contributed by atoms with Gasteiger partial charge in [-0.15, -0.1) is 23.1 Å². The van der Waals surface area contributed by atoms with Crippen LogP contribution < -0.4 is 5.32 Å². The van der Waals surface area contributed by atoms with Gasteiger partial charge >= 0.3 is 5.97 Å². The number of carbonyl (C=O) groups excluding carboxylic acids is 1. The first-order chi connectivity index (χ1) is 10.1. The molecule has 0 unspecified atom stereocenters. The Hall–Kier alpha value is -1.86. The van der Waals surface area contributed by atoms with E-state index in [1.165, 1.54) is 16.7 Å². The molecular weight excluding hydrogens is 308 g/mol. The molecule has 0 saturated heterocycles. The van der Waals surface area contributed by atoms with Crippen molar-refractivity contribution in [2.45, 2.75) is 17.4 Å². The number of carbonyl (C=O) groups is 2. The van der Waals surface area contributed by atoms with Crippen LogP contribution >= 0.6 is 23.1 Å². The average Bonchev–Trinajstić information content (AvgIpc) is 3.11. The summed E-state index contributed by atoms with van der Waals surface area (Å²) in [6, 6.07) is 7.90. The van der Waals surface area contributed by atoms with Gasteiger partial charge in [0.2, 0.25) is 5.91 Å². The van der Waals surface area contributed by atoms with E-state index in [1.807, 2.05) is 24.3 Å². The lowest BCUT2D eigenvalue weighted by Gasteiger charge is -2.10. The van der Waals surface area contributed by atoms with Crippen LogP contribution in [0.5, 0.6) is 0 Å². The van der Waals surface area contributed by atoms with E-state index in [0.717, 1.165) is 16.2 Å². The number of carboxylic acid groups (broad SMARTS) is 1. The van der Waals surface area contributed by atoms with Gasteiger partial charge in [0.1, 0.15) is 5.01 Å². The standard InChI is InChI=1S/C14H12N2O3S2/c17-13(9-6-20-11-4-2-1-3-8(9)11)15-5-12-16-10(7-21-12)14(18)19/h1-4,7,9H,5-6H2,(H,15,17)(H,18,19)/t9-/m1/s1. The van der Waals surface area contributed by atoms with Gasteiger partial charge in [0.05, 0.1) is 12.5 Å². The lowest BCUT2D eigenvalue weighted by Crippen LogP contribution is -2.29. The fraction of sp³-hybridized carbons (Fsp3) is 0.214. The molecule has 1 amide bonds. The van der Waals surface area contributed by atoms with Crippen LogP contribution in [-0.4, -0.2) is 27.7 Å². The summed E-state index contributed by atoms with van der Waals surface area (Å²) in [5.41, 5.74) is 1.08. The molecule has 0 radical (unpaired) electrons. The predicted molar refractivity (Wildman–Crippen MR) is 80.8 cm³/mol. The van der Waals surface area contributed by atoms with E-state index in [2.05, 4.69) is 10.3 Å². The topological polar surface area (TPSA) is 79.3 Å². The maximum atomic E-state index is 12.3. The Morgan fingerprint density at radius 2 is 2.19 bits per heavy atom. The van der Waals surface area contributed by atoms with Crippen LogP contribution in [-0.2, 0) is 11.3 Å². The Morgan fingerprint density at radius 1 is 1.38 bits per heavy atom. The van der Waals surface area contributed by atoms with Crippen LogP contribution in [0.3, 0.4) is 0 Å². The molecule has 2 heterocycles. The fourth-order valence-electron chi connectivity index (χ4n) is 2.16. The summed E-state index contributed by atoms with van der Waals surface area (Å²) in [7, 11) is 0. The average molecular weight is 320 g/mol.